The molecule has 0 amide bonds. The van der Waals surface area contributed by atoms with Gasteiger partial charge >= 0.3 is 0 Å². The van der Waals surface area contributed by atoms with Crippen LogP contribution in [-0.2, 0) is 12.0 Å². The van der Waals surface area contributed by atoms with Gasteiger partial charge in [-0.1, -0.05) is 0 Å². The zero-order valence-electron chi connectivity index (χ0n) is 14.5. The molecule has 1 aliphatic carbocycles. The molecule has 2 aromatic rings. The summed E-state index contributed by atoms with van der Waals surface area (Å²) in [6.45, 7) is 1.07. The first kappa shape index (κ1) is 14.4. The van der Waals surface area contributed by atoms with Gasteiger partial charge in [-0.3, -0.25) is 9.69 Å². The second-order valence-corrected chi connectivity index (χ2v) is 7.07. The number of Topliss-reactive ketones (excluding diaryl/α,β-unsaturated/α-hetero) is 1. The number of carbonyl (C=O) groups is 1. The Bertz CT molecular complexity index is 1000. The molecule has 4 aliphatic rings. The Kier molecular flexibility index (Phi) is 2.50. The summed E-state index contributed by atoms with van der Waals surface area (Å²) in [5, 5.41) is 0. The molecule has 132 valence electrons. The van der Waals surface area contributed by atoms with Crippen molar-refractivity contribution in [3.05, 3.63) is 46.5 Å². The highest BCUT2D eigenvalue weighted by molar-refractivity contribution is 6.13. The molecule has 3 heterocycles. The van der Waals surface area contributed by atoms with Gasteiger partial charge in [0.25, 0.3) is 0 Å². The first-order chi connectivity index (χ1) is 12.7. The van der Waals surface area contributed by atoms with Crippen molar-refractivity contribution < 1.29 is 23.7 Å². The first-order valence-corrected chi connectivity index (χ1v) is 8.71. The number of ether oxygens (including phenoxy) is 4. The summed E-state index contributed by atoms with van der Waals surface area (Å²) in [6, 6.07) is 7.70. The smallest absolute Gasteiger partial charge is 0.231 e. The van der Waals surface area contributed by atoms with Gasteiger partial charge in [0, 0.05) is 17.7 Å². The molecule has 1 spiro atoms. The zero-order valence-corrected chi connectivity index (χ0v) is 14.5. The van der Waals surface area contributed by atoms with E-state index in [1.807, 2.05) is 24.3 Å². The quantitative estimate of drug-likeness (QED) is 0.775. The topological polar surface area (TPSA) is 57.0 Å². The molecule has 3 unspecified atom stereocenters. The maximum absolute atomic E-state index is 13.5. The Balaban J connectivity index is 1.59. The molecule has 1 fully saturated rings. The van der Waals surface area contributed by atoms with Gasteiger partial charge in [-0.05, 0) is 41.8 Å². The van der Waals surface area contributed by atoms with Gasteiger partial charge in [-0.15, -0.1) is 0 Å². The van der Waals surface area contributed by atoms with E-state index in [1.54, 1.807) is 14.2 Å². The Morgan fingerprint density at radius 2 is 1.96 bits per heavy atom. The van der Waals surface area contributed by atoms with Crippen LogP contribution in [-0.4, -0.2) is 38.2 Å². The minimum Gasteiger partial charge on any atom is -0.493 e. The van der Waals surface area contributed by atoms with Gasteiger partial charge in [0.2, 0.25) is 6.79 Å². The molecule has 0 saturated carbocycles. The lowest BCUT2D eigenvalue weighted by atomic mass is 9.86. The maximum Gasteiger partial charge on any atom is 0.231 e. The van der Waals surface area contributed by atoms with Crippen LogP contribution in [0.3, 0.4) is 0 Å². The molecule has 1 saturated heterocycles. The monoisotopic (exact) mass is 351 g/mol. The van der Waals surface area contributed by atoms with E-state index < -0.39 is 5.54 Å². The molecule has 0 N–H and O–H groups in total. The van der Waals surface area contributed by atoms with E-state index in [0.717, 1.165) is 41.2 Å². The first-order valence-electron chi connectivity index (χ1n) is 8.71. The molecule has 3 aliphatic heterocycles. The Labute approximate surface area is 150 Å². The highest BCUT2D eigenvalue weighted by atomic mass is 16.7. The number of benzene rings is 2. The normalized spacial score (nSPS) is 28.8. The van der Waals surface area contributed by atoms with E-state index in [4.69, 9.17) is 18.9 Å². The molecule has 26 heavy (non-hydrogen) atoms. The van der Waals surface area contributed by atoms with Crippen molar-refractivity contribution in [2.75, 3.05) is 27.6 Å². The van der Waals surface area contributed by atoms with Crippen LogP contribution in [0.2, 0.25) is 0 Å². The number of hydrogen-bond acceptors (Lipinski definition) is 6. The van der Waals surface area contributed by atoms with Crippen LogP contribution in [0.5, 0.6) is 23.0 Å². The molecule has 0 aromatic heterocycles. The summed E-state index contributed by atoms with van der Waals surface area (Å²) in [6.07, 6.45) is 0.888. The highest BCUT2D eigenvalue weighted by Gasteiger charge is 2.76. The van der Waals surface area contributed by atoms with Crippen LogP contribution in [0.1, 0.15) is 33.1 Å². The fourth-order valence-electron chi connectivity index (χ4n) is 5.11. The summed E-state index contributed by atoms with van der Waals surface area (Å²) in [7, 11) is 3.24. The van der Waals surface area contributed by atoms with Gasteiger partial charge in [0.05, 0.1) is 20.3 Å². The number of hydrogen-bond donors (Lipinski definition) is 0. The van der Waals surface area contributed by atoms with Gasteiger partial charge in [0.1, 0.15) is 5.54 Å². The molecule has 0 radical (unpaired) electrons. The Morgan fingerprint density at radius 1 is 1.15 bits per heavy atom. The fourth-order valence-corrected chi connectivity index (χ4v) is 5.11. The summed E-state index contributed by atoms with van der Waals surface area (Å²) in [5.74, 6) is 2.95. The number of nitrogens with zero attached hydrogens (tertiary/aromatic N) is 1. The third-order valence-corrected chi connectivity index (χ3v) is 6.17. The van der Waals surface area contributed by atoms with Crippen molar-refractivity contribution in [1.29, 1.82) is 0 Å². The van der Waals surface area contributed by atoms with Gasteiger partial charge in [-0.25, -0.2) is 0 Å². The standard InChI is InChI=1S/C20H17NO5/c1-23-13-4-3-11-16(17(13)24-2)18-20(19(11)22)12-8-15-14(25-9-26-15)7-10(12)5-6-21(18)20/h3-4,7-8,18H,5-6,9H2,1-2H3. The van der Waals surface area contributed by atoms with E-state index >= 15 is 0 Å². The molecule has 2 aromatic carbocycles. The van der Waals surface area contributed by atoms with Crippen LogP contribution >= 0.6 is 0 Å². The molecule has 6 heteroatoms. The highest BCUT2D eigenvalue weighted by Crippen LogP contribution is 2.71. The second-order valence-electron chi connectivity index (χ2n) is 7.07. The third-order valence-electron chi connectivity index (χ3n) is 6.17. The molecular formula is C20H17NO5. The lowest BCUT2D eigenvalue weighted by molar-refractivity contribution is 0.0912. The van der Waals surface area contributed by atoms with Crippen LogP contribution in [0.25, 0.3) is 0 Å². The lowest BCUT2D eigenvalue weighted by Gasteiger charge is -2.25. The van der Waals surface area contributed by atoms with Crippen LogP contribution < -0.4 is 18.9 Å². The predicted molar refractivity (Wildman–Crippen MR) is 91.3 cm³/mol. The fraction of sp³-hybridized carbons (Fsp3) is 0.350. The van der Waals surface area contributed by atoms with E-state index in [2.05, 4.69) is 4.90 Å². The van der Waals surface area contributed by atoms with Crippen LogP contribution in [0.4, 0.5) is 0 Å². The number of rotatable bonds is 2. The van der Waals surface area contributed by atoms with E-state index in [9.17, 15) is 4.79 Å². The van der Waals surface area contributed by atoms with Crippen molar-refractivity contribution in [2.45, 2.75) is 18.0 Å². The molecule has 6 rings (SSSR count). The Morgan fingerprint density at radius 3 is 2.73 bits per heavy atom. The minimum absolute atomic E-state index is 0.00308. The SMILES string of the molecule is COc1ccc2c(c1OC)C1N3CCc4cc5c(cc4C13C2=O)OCO5. The van der Waals surface area contributed by atoms with Gasteiger partial charge in [-0.2, -0.15) is 0 Å². The molecule has 3 atom stereocenters. The van der Waals surface area contributed by atoms with Crippen LogP contribution in [0, 0.1) is 0 Å². The lowest BCUT2D eigenvalue weighted by Crippen LogP contribution is -2.32. The van der Waals surface area contributed by atoms with Gasteiger partial charge < -0.3 is 18.9 Å². The van der Waals surface area contributed by atoms with E-state index in [-0.39, 0.29) is 18.6 Å². The Hall–Kier alpha value is -2.73. The summed E-state index contributed by atoms with van der Waals surface area (Å²) < 4.78 is 22.2. The van der Waals surface area contributed by atoms with Crippen molar-refractivity contribution in [2.24, 2.45) is 0 Å². The average molecular weight is 351 g/mol. The number of ketones is 1. The number of fused-ring (bicyclic) bond motifs is 5. The van der Waals surface area contributed by atoms with Crippen molar-refractivity contribution in [3.8, 4) is 23.0 Å². The minimum atomic E-state index is -0.628. The largest absolute Gasteiger partial charge is 0.493 e. The van der Waals surface area contributed by atoms with E-state index in [1.165, 1.54) is 5.56 Å². The van der Waals surface area contributed by atoms with E-state index in [0.29, 0.717) is 11.5 Å². The number of methoxy groups -OCH3 is 2. The second kappa shape index (κ2) is 4.51. The third kappa shape index (κ3) is 1.39. The molecule has 6 nitrogen and oxygen atoms in total. The summed E-state index contributed by atoms with van der Waals surface area (Å²) >= 11 is 0. The predicted octanol–water partition coefficient (Wildman–Crippen LogP) is 2.44. The number of carbonyl (C=O) groups excluding carboxylic acids is 1. The molecular weight excluding hydrogens is 334 g/mol. The average Bonchev–Trinajstić information content (AvgIpc) is 3.00. The molecule has 0 bridgehead atoms. The van der Waals surface area contributed by atoms with Crippen molar-refractivity contribution >= 4 is 5.78 Å². The maximum atomic E-state index is 13.5. The van der Waals surface area contributed by atoms with Crippen molar-refractivity contribution in [1.82, 2.24) is 4.90 Å². The zero-order chi connectivity index (χ0) is 17.6. The summed E-state index contributed by atoms with van der Waals surface area (Å²) in [4.78, 5) is 15.8. The van der Waals surface area contributed by atoms with Crippen LogP contribution in [0.15, 0.2) is 24.3 Å². The van der Waals surface area contributed by atoms with Crippen molar-refractivity contribution in [3.63, 3.8) is 0 Å². The summed E-state index contributed by atoms with van der Waals surface area (Å²) in [5.41, 5.74) is 3.26. The van der Waals surface area contributed by atoms with Gasteiger partial charge in [0.15, 0.2) is 28.8 Å².